The van der Waals surface area contributed by atoms with E-state index in [0.29, 0.717) is 11.7 Å². The highest BCUT2D eigenvalue weighted by atomic mass is 16.5. The van der Waals surface area contributed by atoms with E-state index in [1.165, 1.54) is 17.6 Å². The van der Waals surface area contributed by atoms with Crippen LogP contribution in [0.1, 0.15) is 89.5 Å². The van der Waals surface area contributed by atoms with E-state index in [9.17, 15) is 5.11 Å². The van der Waals surface area contributed by atoms with Gasteiger partial charge in [-0.15, -0.1) is 0 Å². The van der Waals surface area contributed by atoms with E-state index in [0.717, 1.165) is 48.1 Å². The highest BCUT2D eigenvalue weighted by Gasteiger charge is 2.38. The number of rotatable bonds is 6. The van der Waals surface area contributed by atoms with Gasteiger partial charge in [-0.2, -0.15) is 0 Å². The molecule has 1 aromatic rings. The van der Waals surface area contributed by atoms with Gasteiger partial charge in [0.25, 0.3) is 0 Å². The Bertz CT molecular complexity index is 725. The van der Waals surface area contributed by atoms with E-state index >= 15 is 0 Å². The van der Waals surface area contributed by atoms with Gasteiger partial charge < -0.3 is 9.84 Å². The second-order valence-electron chi connectivity index (χ2n) is 10.3. The van der Waals surface area contributed by atoms with Crippen LogP contribution in [0.25, 0.3) is 0 Å². The molecule has 1 atom stereocenters. The third-order valence-electron chi connectivity index (χ3n) is 6.18. The number of aromatic hydroxyl groups is 1. The summed E-state index contributed by atoms with van der Waals surface area (Å²) >= 11 is 0. The Hall–Kier alpha value is -1.44. The molecule has 0 aliphatic carbocycles. The van der Waals surface area contributed by atoms with Gasteiger partial charge in [-0.3, -0.25) is 0 Å². The molecule has 0 radical (unpaired) electrons. The Morgan fingerprint density at radius 2 is 1.81 bits per heavy atom. The van der Waals surface area contributed by atoms with Gasteiger partial charge in [0.05, 0.1) is 0 Å². The fourth-order valence-electron chi connectivity index (χ4n) is 4.68. The smallest absolute Gasteiger partial charge is 0.127 e. The second-order valence-corrected chi connectivity index (χ2v) is 10.3. The summed E-state index contributed by atoms with van der Waals surface area (Å²) in [7, 11) is 0. The first kappa shape index (κ1) is 21.9. The Morgan fingerprint density at radius 3 is 2.41 bits per heavy atom. The zero-order valence-electron chi connectivity index (χ0n) is 19.0. The lowest BCUT2D eigenvalue weighted by molar-refractivity contribution is 0.0201. The van der Waals surface area contributed by atoms with Gasteiger partial charge >= 0.3 is 0 Å². The fraction of sp³-hybridized carbons (Fsp3) is 0.680. The molecular formula is C25H40O2. The van der Waals surface area contributed by atoms with Crippen molar-refractivity contribution in [2.24, 2.45) is 11.3 Å². The summed E-state index contributed by atoms with van der Waals surface area (Å²) in [5.41, 5.74) is 5.75. The molecule has 0 fully saturated rings. The van der Waals surface area contributed by atoms with Gasteiger partial charge in [0.2, 0.25) is 0 Å². The molecule has 0 saturated carbocycles. The maximum atomic E-state index is 10.4. The first-order chi connectivity index (χ1) is 12.4. The molecule has 2 heteroatoms. The minimum Gasteiger partial charge on any atom is -0.507 e. The number of hydrogen-bond acceptors (Lipinski definition) is 2. The number of hydrogen-bond donors (Lipinski definition) is 1. The SMILES string of the molecule is C/C(=C\CC(C)(C)C[C@]1(C)CCc2c(C)c(O)c(C)c(C)c2O1)CC(C)C. The van der Waals surface area contributed by atoms with Crippen LogP contribution in [0.4, 0.5) is 0 Å². The zero-order valence-corrected chi connectivity index (χ0v) is 19.0. The normalized spacial score (nSPS) is 20.6. The molecular weight excluding hydrogens is 332 g/mol. The van der Waals surface area contributed by atoms with Gasteiger partial charge in [-0.25, -0.2) is 0 Å². The number of fused-ring (bicyclic) bond motifs is 1. The van der Waals surface area contributed by atoms with Crippen LogP contribution in [0.15, 0.2) is 11.6 Å². The molecule has 1 heterocycles. The molecule has 0 unspecified atom stereocenters. The Labute approximate surface area is 167 Å². The van der Waals surface area contributed by atoms with Crippen LogP contribution in [0.5, 0.6) is 11.5 Å². The topological polar surface area (TPSA) is 29.5 Å². The molecule has 0 spiro atoms. The van der Waals surface area contributed by atoms with Crippen LogP contribution in [0.3, 0.4) is 0 Å². The van der Waals surface area contributed by atoms with Gasteiger partial charge in [-0.05, 0) is 94.7 Å². The number of phenols is 1. The lowest BCUT2D eigenvalue weighted by Gasteiger charge is -2.42. The molecule has 1 N–H and O–H groups in total. The van der Waals surface area contributed by atoms with Crippen LogP contribution < -0.4 is 4.74 Å². The quantitative estimate of drug-likeness (QED) is 0.535. The number of phenolic OH excluding ortho intramolecular Hbond substituents is 1. The number of benzene rings is 1. The molecule has 1 aromatic carbocycles. The molecule has 0 aromatic heterocycles. The lowest BCUT2D eigenvalue weighted by atomic mass is 9.74. The van der Waals surface area contributed by atoms with Gasteiger partial charge in [0.1, 0.15) is 17.1 Å². The maximum absolute atomic E-state index is 10.4. The van der Waals surface area contributed by atoms with Crippen LogP contribution in [0.2, 0.25) is 0 Å². The standard InChI is InChI=1S/C25H40O2/c1-16(2)14-17(3)10-12-24(7,8)15-25(9)13-11-21-20(6)22(26)18(4)19(5)23(21)27-25/h10,16,26H,11-15H2,1-9H3/b17-10+/t25-/m0/s1. The minimum atomic E-state index is -0.156. The van der Waals surface area contributed by atoms with Crippen LogP contribution in [-0.2, 0) is 6.42 Å². The molecule has 0 bridgehead atoms. The number of ether oxygens (including phenoxy) is 1. The van der Waals surface area contributed by atoms with Crippen LogP contribution >= 0.6 is 0 Å². The predicted molar refractivity (Wildman–Crippen MR) is 116 cm³/mol. The van der Waals surface area contributed by atoms with E-state index in [-0.39, 0.29) is 11.0 Å². The average molecular weight is 373 g/mol. The molecule has 0 amide bonds. The summed E-state index contributed by atoms with van der Waals surface area (Å²) in [4.78, 5) is 0. The first-order valence-electron chi connectivity index (χ1n) is 10.5. The van der Waals surface area contributed by atoms with E-state index in [1.54, 1.807) is 0 Å². The summed E-state index contributed by atoms with van der Waals surface area (Å²) in [5.74, 6) is 2.16. The van der Waals surface area contributed by atoms with Crippen molar-refractivity contribution in [2.75, 3.05) is 0 Å². The Balaban J connectivity index is 2.19. The fourth-order valence-corrected chi connectivity index (χ4v) is 4.68. The van der Waals surface area contributed by atoms with Gasteiger partial charge in [0, 0.05) is 5.56 Å². The summed E-state index contributed by atoms with van der Waals surface area (Å²) in [6.45, 7) is 19.9. The zero-order chi connectivity index (χ0) is 20.6. The van der Waals surface area contributed by atoms with E-state index < -0.39 is 0 Å². The van der Waals surface area contributed by atoms with Crippen molar-refractivity contribution in [1.82, 2.24) is 0 Å². The van der Waals surface area contributed by atoms with Crippen molar-refractivity contribution < 1.29 is 9.84 Å². The molecule has 2 nitrogen and oxygen atoms in total. The first-order valence-corrected chi connectivity index (χ1v) is 10.5. The third-order valence-corrected chi connectivity index (χ3v) is 6.18. The molecule has 2 rings (SSSR count). The maximum Gasteiger partial charge on any atom is 0.127 e. The van der Waals surface area contributed by atoms with Gasteiger partial charge in [-0.1, -0.05) is 39.3 Å². The molecule has 1 aliphatic rings. The lowest BCUT2D eigenvalue weighted by Crippen LogP contribution is -2.41. The minimum absolute atomic E-state index is 0.156. The largest absolute Gasteiger partial charge is 0.507 e. The van der Waals surface area contributed by atoms with Crippen molar-refractivity contribution in [3.8, 4) is 11.5 Å². The van der Waals surface area contributed by atoms with Gasteiger partial charge in [0.15, 0.2) is 0 Å². The van der Waals surface area contributed by atoms with Crippen molar-refractivity contribution in [3.63, 3.8) is 0 Å². The highest BCUT2D eigenvalue weighted by Crippen LogP contribution is 2.46. The summed E-state index contributed by atoms with van der Waals surface area (Å²) in [5, 5.41) is 10.4. The third kappa shape index (κ3) is 5.09. The summed E-state index contributed by atoms with van der Waals surface area (Å²) < 4.78 is 6.64. The highest BCUT2D eigenvalue weighted by molar-refractivity contribution is 5.58. The van der Waals surface area contributed by atoms with E-state index in [1.807, 2.05) is 13.8 Å². The van der Waals surface area contributed by atoms with Crippen molar-refractivity contribution in [3.05, 3.63) is 33.9 Å². The Kier molecular flexibility index (Phi) is 6.39. The van der Waals surface area contributed by atoms with E-state index in [4.69, 9.17) is 4.74 Å². The molecule has 152 valence electrons. The van der Waals surface area contributed by atoms with Crippen molar-refractivity contribution in [2.45, 2.75) is 100 Å². The monoisotopic (exact) mass is 372 g/mol. The Morgan fingerprint density at radius 1 is 1.19 bits per heavy atom. The number of allylic oxidation sites excluding steroid dienone is 2. The molecule has 27 heavy (non-hydrogen) atoms. The van der Waals surface area contributed by atoms with Crippen LogP contribution in [-0.4, -0.2) is 10.7 Å². The van der Waals surface area contributed by atoms with Crippen molar-refractivity contribution >= 4 is 0 Å². The van der Waals surface area contributed by atoms with Crippen LogP contribution in [0, 0.1) is 32.1 Å². The average Bonchev–Trinajstić information content (AvgIpc) is 2.55. The second kappa shape index (κ2) is 7.89. The van der Waals surface area contributed by atoms with E-state index in [2.05, 4.69) is 54.5 Å². The van der Waals surface area contributed by atoms with Crippen molar-refractivity contribution in [1.29, 1.82) is 0 Å². The molecule has 1 aliphatic heterocycles. The molecule has 0 saturated heterocycles. The summed E-state index contributed by atoms with van der Waals surface area (Å²) in [6.07, 6.45) is 7.70. The predicted octanol–water partition coefficient (Wildman–Crippen LogP) is 7.20. The summed E-state index contributed by atoms with van der Waals surface area (Å²) in [6, 6.07) is 0.